The third kappa shape index (κ3) is 5.66. The molecule has 0 aliphatic carbocycles. The van der Waals surface area contributed by atoms with E-state index in [1.807, 2.05) is 19.2 Å². The van der Waals surface area contributed by atoms with Gasteiger partial charge in [0.2, 0.25) is 5.95 Å². The Morgan fingerprint density at radius 3 is 2.39 bits per heavy atom. The summed E-state index contributed by atoms with van der Waals surface area (Å²) in [5.41, 5.74) is 1.82. The molecule has 0 saturated heterocycles. The van der Waals surface area contributed by atoms with Crippen molar-refractivity contribution in [2.75, 3.05) is 38.7 Å². The number of fused-ring (bicyclic) bond motifs is 2. The Kier molecular flexibility index (Phi) is 7.17. The van der Waals surface area contributed by atoms with Crippen LogP contribution in [0.1, 0.15) is 0 Å². The van der Waals surface area contributed by atoms with Crippen molar-refractivity contribution in [3.05, 3.63) is 89.4 Å². The van der Waals surface area contributed by atoms with Crippen LogP contribution in [0.3, 0.4) is 0 Å². The molecule has 10 nitrogen and oxygen atoms in total. The first-order chi connectivity index (χ1) is 19.9. The van der Waals surface area contributed by atoms with Crippen LogP contribution in [0.2, 0.25) is 0 Å². The summed E-state index contributed by atoms with van der Waals surface area (Å²) in [5, 5.41) is 3.79. The summed E-state index contributed by atoms with van der Waals surface area (Å²) in [6, 6.07) is 14.8. The predicted molar refractivity (Wildman–Crippen MR) is 153 cm³/mol. The summed E-state index contributed by atoms with van der Waals surface area (Å²) in [5.74, 6) is 2.34. The van der Waals surface area contributed by atoms with Crippen LogP contribution in [0.25, 0.3) is 22.2 Å². The number of anilines is 2. The number of pyridine rings is 2. The van der Waals surface area contributed by atoms with Gasteiger partial charge >= 0.3 is 0 Å². The van der Waals surface area contributed by atoms with E-state index in [-0.39, 0.29) is 11.4 Å². The molecule has 1 aliphatic rings. The lowest BCUT2D eigenvalue weighted by Gasteiger charge is -2.14. The number of nitrogens with one attached hydrogen (secondary N) is 1. The summed E-state index contributed by atoms with van der Waals surface area (Å²) >= 11 is 0. The Morgan fingerprint density at radius 2 is 1.66 bits per heavy atom. The second kappa shape index (κ2) is 11.2. The number of benzene rings is 2. The molecule has 4 heterocycles. The van der Waals surface area contributed by atoms with Crippen LogP contribution >= 0.6 is 0 Å². The first-order valence-electron chi connectivity index (χ1n) is 13.0. The Bertz CT molecular complexity index is 1760. The number of nitrogens with zero attached hydrogens (tertiary/aromatic N) is 5. The highest BCUT2D eigenvalue weighted by Gasteiger charge is 2.16. The van der Waals surface area contributed by atoms with Crippen molar-refractivity contribution < 1.29 is 18.6 Å². The van der Waals surface area contributed by atoms with Crippen molar-refractivity contribution in [3.8, 4) is 34.3 Å². The number of ether oxygens (including phenoxy) is 3. The Labute approximate surface area is 235 Å². The highest BCUT2D eigenvalue weighted by Crippen LogP contribution is 2.37. The van der Waals surface area contributed by atoms with E-state index in [0.717, 1.165) is 18.5 Å². The van der Waals surface area contributed by atoms with Gasteiger partial charge in [0.05, 0.1) is 23.0 Å². The zero-order valence-electron chi connectivity index (χ0n) is 22.5. The summed E-state index contributed by atoms with van der Waals surface area (Å²) in [6.45, 7) is 2.69. The lowest BCUT2D eigenvalue weighted by atomic mass is 10.1. The van der Waals surface area contributed by atoms with Gasteiger partial charge in [-0.3, -0.25) is 24.2 Å². The molecule has 1 aliphatic heterocycles. The molecule has 1 N–H and O–H groups in total. The molecule has 0 saturated carbocycles. The van der Waals surface area contributed by atoms with Crippen molar-refractivity contribution in [1.82, 2.24) is 24.4 Å². The molecule has 208 valence electrons. The monoisotopic (exact) mass is 554 g/mol. The largest absolute Gasteiger partial charge is 0.488 e. The number of halogens is 1. The SMILES string of the molecule is CN1CCOc2cc3nccc(Oc4ccc(-c5cnc(Nc6ccc(F)cc6)n(C)c5=O)nc4)c3cc2OCC1. The normalized spacial score (nSPS) is 13.7. The molecule has 0 fully saturated rings. The summed E-state index contributed by atoms with van der Waals surface area (Å²) < 4.78 is 32.7. The average molecular weight is 555 g/mol. The third-order valence-electron chi connectivity index (χ3n) is 6.74. The van der Waals surface area contributed by atoms with E-state index >= 15 is 0 Å². The molecule has 41 heavy (non-hydrogen) atoms. The van der Waals surface area contributed by atoms with Gasteiger partial charge in [-0.15, -0.1) is 0 Å². The van der Waals surface area contributed by atoms with E-state index < -0.39 is 0 Å². The zero-order valence-corrected chi connectivity index (χ0v) is 22.5. The topological polar surface area (TPSA) is 104 Å². The molecule has 3 aromatic heterocycles. The number of rotatable bonds is 5. The average Bonchev–Trinajstić information content (AvgIpc) is 3.06. The van der Waals surface area contributed by atoms with Crippen LogP contribution in [-0.2, 0) is 7.05 Å². The molecule has 11 heteroatoms. The third-order valence-corrected chi connectivity index (χ3v) is 6.74. The van der Waals surface area contributed by atoms with E-state index in [2.05, 4.69) is 25.2 Å². The number of likely N-dealkylation sites (N-methyl/N-ethyl adjacent to an activating group) is 1. The summed E-state index contributed by atoms with van der Waals surface area (Å²) in [6.07, 6.45) is 4.69. The lowest BCUT2D eigenvalue weighted by molar-refractivity contribution is 0.228. The minimum atomic E-state index is -0.347. The van der Waals surface area contributed by atoms with Gasteiger partial charge in [-0.25, -0.2) is 9.37 Å². The molecule has 0 bridgehead atoms. The van der Waals surface area contributed by atoms with Gasteiger partial charge in [0.25, 0.3) is 5.56 Å². The maximum absolute atomic E-state index is 13.2. The molecule has 5 aromatic rings. The molecule has 0 unspecified atom stereocenters. The molecule has 0 atom stereocenters. The van der Waals surface area contributed by atoms with Crippen molar-refractivity contribution in [2.24, 2.45) is 7.05 Å². The Balaban J connectivity index is 1.23. The van der Waals surface area contributed by atoms with Gasteiger partial charge in [0.1, 0.15) is 30.5 Å². The van der Waals surface area contributed by atoms with Crippen LogP contribution in [-0.4, -0.2) is 57.8 Å². The molecular formula is C30H27FN6O4. The predicted octanol–water partition coefficient (Wildman–Crippen LogP) is 4.77. The maximum Gasteiger partial charge on any atom is 0.264 e. The first kappa shape index (κ1) is 26.2. The Hall–Kier alpha value is -5.03. The van der Waals surface area contributed by atoms with Crippen LogP contribution in [0.4, 0.5) is 16.0 Å². The zero-order chi connectivity index (χ0) is 28.3. The Morgan fingerprint density at radius 1 is 0.902 bits per heavy atom. The first-order valence-corrected chi connectivity index (χ1v) is 13.0. The smallest absolute Gasteiger partial charge is 0.264 e. The van der Waals surface area contributed by atoms with Crippen LogP contribution in [0, 0.1) is 5.82 Å². The fourth-order valence-corrected chi connectivity index (χ4v) is 4.40. The van der Waals surface area contributed by atoms with Gasteiger partial charge < -0.3 is 19.5 Å². The van der Waals surface area contributed by atoms with Gasteiger partial charge in [0.15, 0.2) is 11.5 Å². The van der Waals surface area contributed by atoms with E-state index in [0.29, 0.717) is 64.6 Å². The van der Waals surface area contributed by atoms with Gasteiger partial charge in [0, 0.05) is 49.7 Å². The fraction of sp³-hybridized carbons (Fsp3) is 0.200. The number of hydrogen-bond donors (Lipinski definition) is 1. The second-order valence-corrected chi connectivity index (χ2v) is 9.60. The highest BCUT2D eigenvalue weighted by molar-refractivity contribution is 5.88. The van der Waals surface area contributed by atoms with Gasteiger partial charge in [-0.1, -0.05) is 0 Å². The molecular weight excluding hydrogens is 527 g/mol. The number of hydrogen-bond acceptors (Lipinski definition) is 9. The van der Waals surface area contributed by atoms with E-state index in [9.17, 15) is 9.18 Å². The van der Waals surface area contributed by atoms with Crippen molar-refractivity contribution in [3.63, 3.8) is 0 Å². The quantitative estimate of drug-likeness (QED) is 0.329. The summed E-state index contributed by atoms with van der Waals surface area (Å²) in [7, 11) is 3.64. The minimum absolute atomic E-state index is 0.286. The highest BCUT2D eigenvalue weighted by atomic mass is 19.1. The van der Waals surface area contributed by atoms with E-state index in [1.54, 1.807) is 49.8 Å². The van der Waals surface area contributed by atoms with Crippen molar-refractivity contribution in [2.45, 2.75) is 0 Å². The van der Waals surface area contributed by atoms with E-state index in [1.165, 1.54) is 22.9 Å². The van der Waals surface area contributed by atoms with Crippen LogP contribution in [0.15, 0.2) is 78.0 Å². The second-order valence-electron chi connectivity index (χ2n) is 9.60. The number of aromatic nitrogens is 4. The molecule has 0 spiro atoms. The molecule has 0 radical (unpaired) electrons. The summed E-state index contributed by atoms with van der Waals surface area (Å²) in [4.78, 5) is 28.5. The van der Waals surface area contributed by atoms with Gasteiger partial charge in [-0.05, 0) is 55.6 Å². The minimum Gasteiger partial charge on any atom is -0.488 e. The molecule has 0 amide bonds. The molecule has 2 aromatic carbocycles. The van der Waals surface area contributed by atoms with Crippen LogP contribution < -0.4 is 25.1 Å². The fourth-order valence-electron chi connectivity index (χ4n) is 4.40. The maximum atomic E-state index is 13.2. The molecule has 6 rings (SSSR count). The lowest BCUT2D eigenvalue weighted by Crippen LogP contribution is -2.27. The van der Waals surface area contributed by atoms with Crippen molar-refractivity contribution in [1.29, 1.82) is 0 Å². The van der Waals surface area contributed by atoms with Crippen molar-refractivity contribution >= 4 is 22.5 Å². The van der Waals surface area contributed by atoms with Crippen LogP contribution in [0.5, 0.6) is 23.0 Å². The standard InChI is InChI=1S/C30H27FN6O4/c1-36-11-13-39-27-15-22-25(16-28(27)40-14-12-36)32-10-9-26(22)41-21-7-8-24(33-17-21)23-18-34-30(37(2)29(23)38)35-20-5-3-19(31)4-6-20/h3-10,15-18H,11-14H2,1-2H3,(H,34,35). The van der Waals surface area contributed by atoms with E-state index in [4.69, 9.17) is 14.2 Å². The van der Waals surface area contributed by atoms with Gasteiger partial charge in [-0.2, -0.15) is 0 Å².